The number of thiophene rings is 1. The average Bonchev–Trinajstić information content (AvgIpc) is 3.51. The van der Waals surface area contributed by atoms with Crippen molar-refractivity contribution in [1.82, 2.24) is 25.6 Å². The molecule has 4 rings (SSSR count). The number of carbonyl (C=O) groups is 2. The molecule has 1 fully saturated rings. The van der Waals surface area contributed by atoms with Crippen molar-refractivity contribution in [3.05, 3.63) is 35.0 Å². The quantitative estimate of drug-likeness (QED) is 0.500. The van der Waals surface area contributed by atoms with Gasteiger partial charge in [-0.25, -0.2) is 9.97 Å². The van der Waals surface area contributed by atoms with Crippen LogP contribution in [-0.2, 0) is 0 Å². The van der Waals surface area contributed by atoms with Crippen molar-refractivity contribution >= 4 is 34.3 Å². The lowest BCUT2D eigenvalue weighted by molar-refractivity contribution is 0.0910. The van der Waals surface area contributed by atoms with Crippen molar-refractivity contribution in [3.63, 3.8) is 0 Å². The fourth-order valence-electron chi connectivity index (χ4n) is 3.81. The fourth-order valence-corrected chi connectivity index (χ4v) is 4.69. The normalized spacial score (nSPS) is 15.8. The number of hydrogen-bond donors (Lipinski definition) is 3. The van der Waals surface area contributed by atoms with Crippen molar-refractivity contribution in [2.75, 3.05) is 6.54 Å². The van der Waals surface area contributed by atoms with Gasteiger partial charge in [-0.05, 0) is 43.2 Å². The summed E-state index contributed by atoms with van der Waals surface area (Å²) in [6.07, 6.45) is 8.25. The van der Waals surface area contributed by atoms with Gasteiger partial charge in [-0.3, -0.25) is 9.59 Å². The molecule has 32 heavy (non-hydrogen) atoms. The second kappa shape index (κ2) is 9.02. The highest BCUT2D eigenvalue weighted by Gasteiger charge is 2.24. The van der Waals surface area contributed by atoms with Crippen LogP contribution >= 0.6 is 11.3 Å². The molecule has 7 nitrogen and oxygen atoms in total. The highest BCUT2D eigenvalue weighted by molar-refractivity contribution is 7.17. The zero-order chi connectivity index (χ0) is 22.9. The monoisotopic (exact) mass is 453 g/mol. The Bertz CT molecular complexity index is 1120. The number of fused-ring (bicyclic) bond motifs is 1. The van der Waals surface area contributed by atoms with E-state index in [0.717, 1.165) is 11.4 Å². The van der Waals surface area contributed by atoms with Crippen LogP contribution < -0.4 is 10.6 Å². The Morgan fingerprint density at radius 2 is 1.97 bits per heavy atom. The zero-order valence-electron chi connectivity index (χ0n) is 19.1. The molecule has 1 aliphatic carbocycles. The molecule has 0 aromatic carbocycles. The lowest BCUT2D eigenvalue weighted by Gasteiger charge is -2.27. The lowest BCUT2D eigenvalue weighted by atomic mass is 9.88. The van der Waals surface area contributed by atoms with Crippen molar-refractivity contribution < 1.29 is 9.59 Å². The molecule has 1 aliphatic rings. The lowest BCUT2D eigenvalue weighted by Crippen LogP contribution is -2.41. The molecule has 0 spiro atoms. The molecule has 170 valence electrons. The van der Waals surface area contributed by atoms with Crippen molar-refractivity contribution in [1.29, 1.82) is 0 Å². The number of amides is 2. The van der Waals surface area contributed by atoms with Crippen LogP contribution in [0.2, 0.25) is 0 Å². The molecule has 0 saturated heterocycles. The van der Waals surface area contributed by atoms with E-state index in [0.29, 0.717) is 33.2 Å². The number of nitrogens with zero attached hydrogens (tertiary/aromatic N) is 2. The minimum Gasteiger partial charge on any atom is -0.351 e. The van der Waals surface area contributed by atoms with Crippen LogP contribution in [-0.4, -0.2) is 39.4 Å². The minimum absolute atomic E-state index is 0.00121. The highest BCUT2D eigenvalue weighted by atomic mass is 32.1. The third-order valence-corrected chi connectivity index (χ3v) is 7.49. The number of aromatic nitrogens is 3. The first-order chi connectivity index (χ1) is 15.2. The van der Waals surface area contributed by atoms with Gasteiger partial charge in [0.25, 0.3) is 11.8 Å². The molecule has 0 radical (unpaired) electrons. The van der Waals surface area contributed by atoms with Gasteiger partial charge in [0.1, 0.15) is 5.52 Å². The standard InChI is InChI=1S/C24H31N5O2S/c1-14(24(2,3)4)28-22(30)16-12-25-21-20(16)29-17(13-26-21)18-9-10-19(32-18)23(31)27-11-15-7-5-6-8-15/h9-10,12-15H,5-8,11H2,1-4H3,(H,25,26)(H,27,31)(H,28,30)/t14-/m0/s1. The first kappa shape index (κ1) is 22.5. The second-order valence-corrected chi connectivity index (χ2v) is 10.8. The number of carbonyl (C=O) groups excluding carboxylic acids is 2. The smallest absolute Gasteiger partial charge is 0.261 e. The van der Waals surface area contributed by atoms with E-state index >= 15 is 0 Å². The maximum atomic E-state index is 12.8. The predicted molar refractivity (Wildman–Crippen MR) is 128 cm³/mol. The number of rotatable bonds is 6. The maximum absolute atomic E-state index is 12.8. The van der Waals surface area contributed by atoms with Gasteiger partial charge in [0.15, 0.2) is 5.65 Å². The van der Waals surface area contributed by atoms with E-state index in [-0.39, 0.29) is 23.3 Å². The van der Waals surface area contributed by atoms with Crippen LogP contribution in [0, 0.1) is 11.3 Å². The summed E-state index contributed by atoms with van der Waals surface area (Å²) in [6.45, 7) is 9.00. The molecule has 0 bridgehead atoms. The van der Waals surface area contributed by atoms with Crippen LogP contribution in [0.5, 0.6) is 0 Å². The SMILES string of the molecule is C[C@H](NC(=O)c1c[nH]c2ncc(-c3ccc(C(=O)NCC4CCCC4)s3)nc12)C(C)(C)C. The number of aromatic amines is 1. The molecule has 2 amide bonds. The molecule has 3 heterocycles. The van der Waals surface area contributed by atoms with Crippen LogP contribution in [0.25, 0.3) is 21.7 Å². The Balaban J connectivity index is 1.51. The van der Waals surface area contributed by atoms with Gasteiger partial charge in [0.2, 0.25) is 0 Å². The molecule has 3 aromatic heterocycles. The van der Waals surface area contributed by atoms with Gasteiger partial charge in [-0.15, -0.1) is 11.3 Å². The minimum atomic E-state index is -0.178. The van der Waals surface area contributed by atoms with Gasteiger partial charge in [-0.2, -0.15) is 0 Å². The first-order valence-electron chi connectivity index (χ1n) is 11.3. The average molecular weight is 454 g/mol. The maximum Gasteiger partial charge on any atom is 0.261 e. The molecule has 3 N–H and O–H groups in total. The third-order valence-electron chi connectivity index (χ3n) is 6.38. The third kappa shape index (κ3) is 4.85. The Hall–Kier alpha value is -2.74. The Morgan fingerprint density at radius 3 is 2.69 bits per heavy atom. The van der Waals surface area contributed by atoms with E-state index in [1.807, 2.05) is 19.1 Å². The summed E-state index contributed by atoms with van der Waals surface area (Å²) in [7, 11) is 0. The summed E-state index contributed by atoms with van der Waals surface area (Å²) in [4.78, 5) is 39.1. The fraction of sp³-hybridized carbons (Fsp3) is 0.500. The van der Waals surface area contributed by atoms with Crippen LogP contribution in [0.4, 0.5) is 0 Å². The van der Waals surface area contributed by atoms with Gasteiger partial charge in [0.05, 0.1) is 27.2 Å². The zero-order valence-corrected chi connectivity index (χ0v) is 19.9. The molecule has 8 heteroatoms. The second-order valence-electron chi connectivity index (χ2n) is 9.74. The molecule has 0 aliphatic heterocycles. The summed E-state index contributed by atoms with van der Waals surface area (Å²) < 4.78 is 0. The molecule has 0 unspecified atom stereocenters. The topological polar surface area (TPSA) is 99.8 Å². The van der Waals surface area contributed by atoms with Gasteiger partial charge < -0.3 is 15.6 Å². The van der Waals surface area contributed by atoms with Gasteiger partial charge in [-0.1, -0.05) is 33.6 Å². The first-order valence-corrected chi connectivity index (χ1v) is 12.1. The van der Waals surface area contributed by atoms with Crippen LogP contribution in [0.1, 0.15) is 73.4 Å². The largest absolute Gasteiger partial charge is 0.351 e. The Kier molecular flexibility index (Phi) is 6.33. The summed E-state index contributed by atoms with van der Waals surface area (Å²) in [5, 5.41) is 6.12. The predicted octanol–water partition coefficient (Wildman–Crippen LogP) is 4.77. The summed E-state index contributed by atoms with van der Waals surface area (Å²) >= 11 is 1.39. The summed E-state index contributed by atoms with van der Waals surface area (Å²) in [5.41, 5.74) is 2.16. The van der Waals surface area contributed by atoms with E-state index in [4.69, 9.17) is 4.98 Å². The molecule has 3 aromatic rings. The number of hydrogen-bond acceptors (Lipinski definition) is 5. The van der Waals surface area contributed by atoms with E-state index in [2.05, 4.69) is 41.4 Å². The Labute approximate surface area is 192 Å². The van der Waals surface area contributed by atoms with E-state index < -0.39 is 0 Å². The van der Waals surface area contributed by atoms with Crippen LogP contribution in [0.3, 0.4) is 0 Å². The van der Waals surface area contributed by atoms with Gasteiger partial charge >= 0.3 is 0 Å². The van der Waals surface area contributed by atoms with Crippen molar-refractivity contribution in [3.8, 4) is 10.6 Å². The number of H-pyrrole nitrogens is 1. The van der Waals surface area contributed by atoms with E-state index in [9.17, 15) is 9.59 Å². The number of nitrogens with one attached hydrogen (secondary N) is 3. The van der Waals surface area contributed by atoms with Crippen molar-refractivity contribution in [2.45, 2.75) is 59.4 Å². The highest BCUT2D eigenvalue weighted by Crippen LogP contribution is 2.29. The molecule has 1 atom stereocenters. The summed E-state index contributed by atoms with van der Waals surface area (Å²) in [5.74, 6) is 0.383. The van der Waals surface area contributed by atoms with E-state index in [1.165, 1.54) is 37.0 Å². The summed E-state index contributed by atoms with van der Waals surface area (Å²) in [6, 6.07) is 3.71. The van der Waals surface area contributed by atoms with Crippen LogP contribution in [0.15, 0.2) is 24.5 Å². The Morgan fingerprint density at radius 1 is 1.22 bits per heavy atom. The molecule has 1 saturated carbocycles. The van der Waals surface area contributed by atoms with E-state index in [1.54, 1.807) is 12.4 Å². The molecular weight excluding hydrogens is 422 g/mol. The molecular formula is C24H31N5O2S. The van der Waals surface area contributed by atoms with Gasteiger partial charge in [0, 0.05) is 18.8 Å². The van der Waals surface area contributed by atoms with Crippen molar-refractivity contribution in [2.24, 2.45) is 11.3 Å².